The summed E-state index contributed by atoms with van der Waals surface area (Å²) in [4.78, 5) is 4.99. The average molecular weight is 411 g/mol. The number of aromatic nitrogens is 1. The molecule has 1 aromatic heterocycles. The molecule has 0 N–H and O–H groups in total. The van der Waals surface area contributed by atoms with Crippen molar-refractivity contribution in [2.75, 3.05) is 13.1 Å². The fourth-order valence-electron chi connectivity index (χ4n) is 3.89. The first-order valence-electron chi connectivity index (χ1n) is 9.69. The van der Waals surface area contributed by atoms with Crippen molar-refractivity contribution >= 4 is 10.0 Å². The Bertz CT molecular complexity index is 1120. The van der Waals surface area contributed by atoms with E-state index < -0.39 is 10.0 Å². The van der Waals surface area contributed by atoms with Crippen molar-refractivity contribution in [1.82, 2.24) is 9.29 Å². The summed E-state index contributed by atoms with van der Waals surface area (Å²) in [5, 5.41) is 0. The molecule has 29 heavy (non-hydrogen) atoms. The zero-order chi connectivity index (χ0) is 20.4. The highest BCUT2D eigenvalue weighted by atomic mass is 32.2. The molecule has 1 aliphatic heterocycles. The molecule has 0 amide bonds. The van der Waals surface area contributed by atoms with Gasteiger partial charge in [-0.3, -0.25) is 4.98 Å². The second-order valence-electron chi connectivity index (χ2n) is 7.51. The summed E-state index contributed by atoms with van der Waals surface area (Å²) < 4.78 is 40.8. The summed E-state index contributed by atoms with van der Waals surface area (Å²) in [5.41, 5.74) is 3.75. The van der Waals surface area contributed by atoms with Crippen molar-refractivity contribution in [1.29, 1.82) is 0 Å². The third-order valence-electron chi connectivity index (χ3n) is 5.28. The Balaban J connectivity index is 1.54. The smallest absolute Gasteiger partial charge is 0.243 e. The molecule has 1 unspecified atom stereocenters. The maximum Gasteiger partial charge on any atom is 0.243 e. The number of hydrogen-bond acceptors (Lipinski definition) is 3. The Kier molecular flexibility index (Phi) is 5.48. The van der Waals surface area contributed by atoms with Crippen LogP contribution in [-0.2, 0) is 16.4 Å². The maximum absolute atomic E-state index is 13.5. The van der Waals surface area contributed by atoms with Crippen molar-refractivity contribution in [2.45, 2.75) is 30.6 Å². The van der Waals surface area contributed by atoms with Gasteiger partial charge in [0.25, 0.3) is 0 Å². The van der Waals surface area contributed by atoms with Crippen molar-refractivity contribution < 1.29 is 12.8 Å². The number of halogens is 1. The van der Waals surface area contributed by atoms with Crippen LogP contribution in [0.4, 0.5) is 4.39 Å². The van der Waals surface area contributed by atoms with Crippen LogP contribution >= 0.6 is 0 Å². The number of pyridine rings is 1. The van der Waals surface area contributed by atoms with Gasteiger partial charge in [-0.2, -0.15) is 4.31 Å². The van der Waals surface area contributed by atoms with E-state index in [4.69, 9.17) is 0 Å². The van der Waals surface area contributed by atoms with E-state index in [0.29, 0.717) is 24.4 Å². The van der Waals surface area contributed by atoms with E-state index in [1.165, 1.54) is 6.07 Å². The van der Waals surface area contributed by atoms with Crippen LogP contribution in [0.1, 0.15) is 34.9 Å². The van der Waals surface area contributed by atoms with E-state index in [1.54, 1.807) is 40.7 Å². The van der Waals surface area contributed by atoms with Gasteiger partial charge in [-0.15, -0.1) is 0 Å². The molecule has 6 heteroatoms. The average Bonchev–Trinajstić information content (AvgIpc) is 3.19. The van der Waals surface area contributed by atoms with Crippen molar-refractivity contribution in [3.05, 3.63) is 95.1 Å². The van der Waals surface area contributed by atoms with Crippen molar-refractivity contribution in [3.63, 3.8) is 0 Å². The molecule has 0 bridgehead atoms. The van der Waals surface area contributed by atoms with Crippen molar-refractivity contribution in [3.8, 4) is 0 Å². The Hall–Kier alpha value is -2.57. The van der Waals surface area contributed by atoms with E-state index >= 15 is 0 Å². The van der Waals surface area contributed by atoms with Crippen molar-refractivity contribution in [2.24, 2.45) is 0 Å². The predicted octanol–water partition coefficient (Wildman–Crippen LogP) is 4.30. The molecule has 0 aliphatic carbocycles. The second-order valence-corrected chi connectivity index (χ2v) is 9.45. The Morgan fingerprint density at radius 3 is 2.59 bits per heavy atom. The van der Waals surface area contributed by atoms with E-state index in [-0.39, 0.29) is 11.7 Å². The highest BCUT2D eigenvalue weighted by Crippen LogP contribution is 2.31. The number of sulfonamides is 1. The lowest BCUT2D eigenvalue weighted by Crippen LogP contribution is -2.28. The summed E-state index contributed by atoms with van der Waals surface area (Å²) in [6.45, 7) is 2.84. The van der Waals surface area contributed by atoms with Crippen LogP contribution in [0.3, 0.4) is 0 Å². The summed E-state index contributed by atoms with van der Waals surface area (Å²) >= 11 is 0. The molecule has 0 spiro atoms. The van der Waals surface area contributed by atoms with Crippen LogP contribution < -0.4 is 0 Å². The van der Waals surface area contributed by atoms with Gasteiger partial charge in [0.2, 0.25) is 10.0 Å². The summed E-state index contributed by atoms with van der Waals surface area (Å²) in [7, 11) is -3.49. The number of hydrogen-bond donors (Lipinski definition) is 0. The second kappa shape index (κ2) is 8.05. The third kappa shape index (κ3) is 4.38. The minimum atomic E-state index is -3.49. The Morgan fingerprint density at radius 1 is 1.03 bits per heavy atom. The molecule has 4 rings (SSSR count). The normalized spacial score (nSPS) is 17.5. The largest absolute Gasteiger partial charge is 0.258 e. The molecule has 0 saturated carbocycles. The van der Waals surface area contributed by atoms with Gasteiger partial charge in [-0.05, 0) is 67.3 Å². The molecule has 2 heterocycles. The lowest BCUT2D eigenvalue weighted by Gasteiger charge is -2.17. The third-order valence-corrected chi connectivity index (χ3v) is 7.16. The topological polar surface area (TPSA) is 50.3 Å². The predicted molar refractivity (Wildman–Crippen MR) is 111 cm³/mol. The van der Waals surface area contributed by atoms with Gasteiger partial charge in [0.1, 0.15) is 5.82 Å². The number of rotatable bonds is 5. The molecule has 1 aliphatic rings. The molecular weight excluding hydrogens is 387 g/mol. The fraction of sp³-hybridized carbons (Fsp3) is 0.261. The van der Waals surface area contributed by atoms with Crippen LogP contribution in [0.5, 0.6) is 0 Å². The molecule has 150 valence electrons. The monoisotopic (exact) mass is 410 g/mol. The maximum atomic E-state index is 13.5. The number of benzene rings is 2. The van der Waals surface area contributed by atoms with Gasteiger partial charge in [0.05, 0.1) is 4.90 Å². The zero-order valence-electron chi connectivity index (χ0n) is 16.3. The van der Waals surface area contributed by atoms with E-state index in [9.17, 15) is 12.8 Å². The fourth-order valence-corrected chi connectivity index (χ4v) is 5.41. The van der Waals surface area contributed by atoms with E-state index in [1.807, 2.05) is 31.2 Å². The van der Waals surface area contributed by atoms with Gasteiger partial charge in [0, 0.05) is 30.4 Å². The van der Waals surface area contributed by atoms with Crippen LogP contribution in [0.2, 0.25) is 0 Å². The van der Waals surface area contributed by atoms with Crippen LogP contribution in [-0.4, -0.2) is 30.8 Å². The zero-order valence-corrected chi connectivity index (χ0v) is 17.1. The summed E-state index contributed by atoms with van der Waals surface area (Å²) in [6, 6.07) is 19.2. The molecule has 1 fully saturated rings. The summed E-state index contributed by atoms with van der Waals surface area (Å²) in [5.74, 6) is -0.189. The quantitative estimate of drug-likeness (QED) is 0.630. The first kappa shape index (κ1) is 19.7. The van der Waals surface area contributed by atoms with E-state index in [2.05, 4.69) is 4.98 Å². The standard InChI is InChI=1S/C23H23FN2O2S/c1-17-12-19(13-18-6-5-7-21(24)14-18)15-23(25-17)20-10-11-26(16-20)29(27,28)22-8-3-2-4-9-22/h2-9,12,14-15,20H,10-11,13,16H2,1H3. The number of aryl methyl sites for hydroxylation is 1. The molecule has 1 saturated heterocycles. The molecule has 0 radical (unpaired) electrons. The van der Waals surface area contributed by atoms with Crippen LogP contribution in [0.15, 0.2) is 71.6 Å². The highest BCUT2D eigenvalue weighted by molar-refractivity contribution is 7.89. The van der Waals surface area contributed by atoms with Gasteiger partial charge in [-0.1, -0.05) is 30.3 Å². The van der Waals surface area contributed by atoms with Crippen LogP contribution in [0, 0.1) is 12.7 Å². The lowest BCUT2D eigenvalue weighted by atomic mass is 9.98. The molecule has 2 aromatic carbocycles. The minimum absolute atomic E-state index is 0.0552. The molecule has 4 nitrogen and oxygen atoms in total. The first-order valence-corrected chi connectivity index (χ1v) is 11.1. The Morgan fingerprint density at radius 2 is 1.83 bits per heavy atom. The van der Waals surface area contributed by atoms with Gasteiger partial charge in [0.15, 0.2) is 0 Å². The summed E-state index contributed by atoms with van der Waals surface area (Å²) in [6.07, 6.45) is 1.36. The molecule has 3 aromatic rings. The Labute approximate surface area is 171 Å². The van der Waals surface area contributed by atoms with Gasteiger partial charge in [-0.25, -0.2) is 12.8 Å². The first-order chi connectivity index (χ1) is 13.9. The minimum Gasteiger partial charge on any atom is -0.258 e. The SMILES string of the molecule is Cc1cc(Cc2cccc(F)c2)cc(C2CCN(S(=O)(=O)c3ccccc3)C2)n1. The van der Waals surface area contributed by atoms with Gasteiger partial charge < -0.3 is 0 Å². The van der Waals surface area contributed by atoms with Crippen LogP contribution in [0.25, 0.3) is 0 Å². The lowest BCUT2D eigenvalue weighted by molar-refractivity contribution is 0.472. The molecule has 1 atom stereocenters. The van der Waals surface area contributed by atoms with Gasteiger partial charge >= 0.3 is 0 Å². The molecular formula is C23H23FN2O2S. The van der Waals surface area contributed by atoms with E-state index in [0.717, 1.165) is 28.9 Å². The number of nitrogens with zero attached hydrogens (tertiary/aromatic N) is 2. The highest BCUT2D eigenvalue weighted by Gasteiger charge is 2.33.